The van der Waals surface area contributed by atoms with Crippen molar-refractivity contribution in [3.05, 3.63) is 34.0 Å². The van der Waals surface area contributed by atoms with Crippen molar-refractivity contribution in [3.8, 4) is 10.6 Å². The van der Waals surface area contributed by atoms with E-state index >= 15 is 0 Å². The fourth-order valence-electron chi connectivity index (χ4n) is 1.60. The summed E-state index contributed by atoms with van der Waals surface area (Å²) in [5, 5.41) is 0.988. The maximum absolute atomic E-state index is 6.07. The van der Waals surface area contributed by atoms with Gasteiger partial charge < -0.3 is 5.73 Å². The van der Waals surface area contributed by atoms with Crippen molar-refractivity contribution in [2.75, 3.05) is 5.73 Å². The number of nitrogen functional groups attached to an aromatic ring is 1. The molecule has 0 atom stereocenters. The van der Waals surface area contributed by atoms with Crippen LogP contribution in [-0.4, -0.2) is 14.4 Å². The van der Waals surface area contributed by atoms with Gasteiger partial charge in [0.05, 0.1) is 20.4 Å². The van der Waals surface area contributed by atoms with Crippen LogP contribution in [0.3, 0.4) is 0 Å². The first-order chi connectivity index (χ1) is 8.16. The second kappa shape index (κ2) is 3.87. The third-order valence-electron chi connectivity index (χ3n) is 2.34. The summed E-state index contributed by atoms with van der Waals surface area (Å²) in [6.45, 7) is 0. The van der Waals surface area contributed by atoms with Crippen LogP contribution < -0.4 is 5.73 Å². The third kappa shape index (κ3) is 1.67. The number of nitrogens with zero attached hydrogens (tertiary/aromatic N) is 3. The minimum Gasteiger partial charge on any atom is -0.383 e. The first kappa shape index (κ1) is 10.8. The molecule has 7 heteroatoms. The highest BCUT2D eigenvalue weighted by Gasteiger charge is 2.15. The molecular formula is C10H6Cl2N4S. The molecular weight excluding hydrogens is 279 g/mol. The number of imidazole rings is 1. The SMILES string of the molecule is Nc1c(-c2cncs2)nc2c(Cl)cc(Cl)cn12. The van der Waals surface area contributed by atoms with E-state index in [9.17, 15) is 0 Å². The molecule has 17 heavy (non-hydrogen) atoms. The molecule has 0 aliphatic heterocycles. The molecule has 3 aromatic rings. The Morgan fingerprint density at radius 3 is 2.88 bits per heavy atom. The number of pyridine rings is 1. The predicted octanol–water partition coefficient (Wildman–Crippen LogP) is 3.35. The largest absolute Gasteiger partial charge is 0.383 e. The van der Waals surface area contributed by atoms with Crippen LogP contribution in [-0.2, 0) is 0 Å². The smallest absolute Gasteiger partial charge is 0.158 e. The molecule has 0 saturated heterocycles. The number of anilines is 1. The van der Waals surface area contributed by atoms with Gasteiger partial charge in [-0.2, -0.15) is 0 Å². The summed E-state index contributed by atoms with van der Waals surface area (Å²) >= 11 is 13.5. The Kier molecular flexibility index (Phi) is 2.47. The highest BCUT2D eigenvalue weighted by atomic mass is 35.5. The van der Waals surface area contributed by atoms with Crippen molar-refractivity contribution in [2.24, 2.45) is 0 Å². The van der Waals surface area contributed by atoms with Gasteiger partial charge in [0.15, 0.2) is 5.65 Å². The van der Waals surface area contributed by atoms with Crippen LogP contribution >= 0.6 is 34.5 Å². The summed E-state index contributed by atoms with van der Waals surface area (Å²) in [4.78, 5) is 9.32. The zero-order valence-corrected chi connectivity index (χ0v) is 10.7. The van der Waals surface area contributed by atoms with Gasteiger partial charge in [0.2, 0.25) is 0 Å². The van der Waals surface area contributed by atoms with E-state index in [1.54, 1.807) is 28.4 Å². The van der Waals surface area contributed by atoms with Gasteiger partial charge in [-0.3, -0.25) is 9.38 Å². The molecule has 0 bridgehead atoms. The molecule has 0 spiro atoms. The van der Waals surface area contributed by atoms with Crippen molar-refractivity contribution < 1.29 is 0 Å². The van der Waals surface area contributed by atoms with Crippen molar-refractivity contribution in [3.63, 3.8) is 0 Å². The predicted molar refractivity (Wildman–Crippen MR) is 70.7 cm³/mol. The molecule has 0 radical (unpaired) electrons. The lowest BCUT2D eigenvalue weighted by Crippen LogP contribution is -1.93. The van der Waals surface area contributed by atoms with Crippen LogP contribution in [0.2, 0.25) is 10.0 Å². The number of halogens is 2. The fourth-order valence-corrected chi connectivity index (χ4v) is 2.74. The number of thiazole rings is 1. The van der Waals surface area contributed by atoms with E-state index < -0.39 is 0 Å². The molecule has 0 aliphatic carbocycles. The van der Waals surface area contributed by atoms with Crippen LogP contribution in [0.1, 0.15) is 0 Å². The number of hydrogen-bond acceptors (Lipinski definition) is 4. The zero-order chi connectivity index (χ0) is 12.0. The number of nitrogens with two attached hydrogens (primary N) is 1. The van der Waals surface area contributed by atoms with Crippen LogP contribution in [0.25, 0.3) is 16.2 Å². The van der Waals surface area contributed by atoms with Crippen LogP contribution in [0.15, 0.2) is 24.0 Å². The molecule has 0 fully saturated rings. The third-order valence-corrected chi connectivity index (χ3v) is 3.61. The lowest BCUT2D eigenvalue weighted by atomic mass is 10.4. The monoisotopic (exact) mass is 284 g/mol. The Morgan fingerprint density at radius 2 is 2.18 bits per heavy atom. The van der Waals surface area contributed by atoms with E-state index in [1.165, 1.54) is 11.3 Å². The van der Waals surface area contributed by atoms with E-state index in [4.69, 9.17) is 28.9 Å². The molecule has 0 aliphatic rings. The van der Waals surface area contributed by atoms with Gasteiger partial charge in [-0.25, -0.2) is 4.98 Å². The molecule has 3 heterocycles. The van der Waals surface area contributed by atoms with Crippen molar-refractivity contribution >= 4 is 46.0 Å². The van der Waals surface area contributed by atoms with Crippen LogP contribution in [0.5, 0.6) is 0 Å². The summed E-state index contributed by atoms with van der Waals surface area (Å²) in [5.41, 5.74) is 9.03. The van der Waals surface area contributed by atoms with Gasteiger partial charge in [-0.1, -0.05) is 23.2 Å². The topological polar surface area (TPSA) is 56.2 Å². The summed E-state index contributed by atoms with van der Waals surface area (Å²) in [6.07, 6.45) is 3.41. The number of aromatic nitrogens is 3. The van der Waals surface area contributed by atoms with Gasteiger partial charge in [0.1, 0.15) is 11.5 Å². The molecule has 0 saturated carbocycles. The normalized spacial score (nSPS) is 11.2. The molecule has 0 aromatic carbocycles. The summed E-state index contributed by atoms with van der Waals surface area (Å²) in [7, 11) is 0. The van der Waals surface area contributed by atoms with Crippen molar-refractivity contribution in [1.82, 2.24) is 14.4 Å². The average molecular weight is 285 g/mol. The molecule has 0 unspecified atom stereocenters. The fraction of sp³-hybridized carbons (Fsp3) is 0. The highest BCUT2D eigenvalue weighted by molar-refractivity contribution is 7.13. The van der Waals surface area contributed by atoms with E-state index in [0.717, 1.165) is 4.88 Å². The van der Waals surface area contributed by atoms with E-state index in [1.807, 2.05) is 0 Å². The number of fused-ring (bicyclic) bond motifs is 1. The van der Waals surface area contributed by atoms with Crippen LogP contribution in [0, 0.1) is 0 Å². The Bertz CT molecular complexity index is 690. The lowest BCUT2D eigenvalue weighted by molar-refractivity contribution is 1.20. The van der Waals surface area contributed by atoms with E-state index in [-0.39, 0.29) is 0 Å². The first-order valence-electron chi connectivity index (χ1n) is 4.68. The van der Waals surface area contributed by atoms with Crippen molar-refractivity contribution in [1.29, 1.82) is 0 Å². The van der Waals surface area contributed by atoms with E-state index in [0.29, 0.717) is 27.2 Å². The van der Waals surface area contributed by atoms with E-state index in [2.05, 4.69) is 9.97 Å². The van der Waals surface area contributed by atoms with Gasteiger partial charge >= 0.3 is 0 Å². The Morgan fingerprint density at radius 1 is 1.35 bits per heavy atom. The molecule has 3 aromatic heterocycles. The summed E-state index contributed by atoms with van der Waals surface area (Å²) < 4.78 is 1.68. The molecule has 3 rings (SSSR count). The number of rotatable bonds is 1. The second-order valence-electron chi connectivity index (χ2n) is 3.41. The molecule has 0 amide bonds. The maximum Gasteiger partial charge on any atom is 0.158 e. The first-order valence-corrected chi connectivity index (χ1v) is 6.32. The number of hydrogen-bond donors (Lipinski definition) is 1. The summed E-state index contributed by atoms with van der Waals surface area (Å²) in [5.74, 6) is 0.508. The Labute approximate surface area is 111 Å². The van der Waals surface area contributed by atoms with Gasteiger partial charge in [0, 0.05) is 12.4 Å². The maximum atomic E-state index is 6.07. The van der Waals surface area contributed by atoms with Gasteiger partial charge in [0.25, 0.3) is 0 Å². The Balaban J connectivity index is 2.36. The van der Waals surface area contributed by atoms with Crippen LogP contribution in [0.4, 0.5) is 5.82 Å². The molecule has 2 N–H and O–H groups in total. The Hall–Kier alpha value is -1.30. The standard InChI is InChI=1S/C10H6Cl2N4S/c11-5-1-6(12)10-15-8(7-2-14-4-17-7)9(13)16(10)3-5/h1-4H,13H2. The minimum atomic E-state index is 0.472. The quantitative estimate of drug-likeness (QED) is 0.746. The molecule has 4 nitrogen and oxygen atoms in total. The second-order valence-corrected chi connectivity index (χ2v) is 5.14. The van der Waals surface area contributed by atoms with Crippen molar-refractivity contribution in [2.45, 2.75) is 0 Å². The van der Waals surface area contributed by atoms with Gasteiger partial charge in [-0.15, -0.1) is 11.3 Å². The zero-order valence-electron chi connectivity index (χ0n) is 8.39. The average Bonchev–Trinajstić information content (AvgIpc) is 2.87. The van der Waals surface area contributed by atoms with Gasteiger partial charge in [-0.05, 0) is 6.07 Å². The summed E-state index contributed by atoms with van der Waals surface area (Å²) in [6, 6.07) is 1.64. The minimum absolute atomic E-state index is 0.472. The highest BCUT2D eigenvalue weighted by Crippen LogP contribution is 2.32. The lowest BCUT2D eigenvalue weighted by Gasteiger charge is -1.99. The molecule has 86 valence electrons.